The summed E-state index contributed by atoms with van der Waals surface area (Å²) in [5.74, 6) is -0.395. The molecule has 0 bridgehead atoms. The summed E-state index contributed by atoms with van der Waals surface area (Å²) in [5, 5.41) is 4.59. The highest BCUT2D eigenvalue weighted by atomic mass is 16.5. The molecule has 0 unspecified atom stereocenters. The minimum absolute atomic E-state index is 0.0999. The Kier molecular flexibility index (Phi) is 7.97. The third-order valence-electron chi connectivity index (χ3n) is 8.42. The molecule has 1 aliphatic carbocycles. The molecular formula is C33H42N4O4. The van der Waals surface area contributed by atoms with Crippen molar-refractivity contribution in [2.45, 2.75) is 90.8 Å². The number of anilines is 1. The topological polar surface area (TPSA) is 129 Å². The number of carbonyl (C=O) groups is 3. The number of nitrogens with zero attached hydrogens (tertiary/aromatic N) is 1. The number of primary amides is 1. The van der Waals surface area contributed by atoms with Gasteiger partial charge in [-0.2, -0.15) is 0 Å². The van der Waals surface area contributed by atoms with Gasteiger partial charge in [-0.1, -0.05) is 52.0 Å². The Morgan fingerprint density at radius 3 is 2.46 bits per heavy atom. The van der Waals surface area contributed by atoms with Gasteiger partial charge in [0.15, 0.2) is 0 Å². The van der Waals surface area contributed by atoms with Crippen LogP contribution in [0.25, 0.3) is 22.0 Å². The molecule has 1 aliphatic heterocycles. The van der Waals surface area contributed by atoms with Crippen molar-refractivity contribution < 1.29 is 19.1 Å². The SMILES string of the molecule is CC(C)C[C@H](N)C(=O)OC1CCC(Nc2cc(-c3c4n(c5ccccc35)C(=O)CC(C)(C)C4)ccc2C(N)=O)CC1. The van der Waals surface area contributed by atoms with E-state index in [1.807, 2.05) is 48.7 Å². The van der Waals surface area contributed by atoms with Gasteiger partial charge in [-0.15, -0.1) is 0 Å². The molecular weight excluding hydrogens is 516 g/mol. The maximum absolute atomic E-state index is 13.3. The molecule has 0 radical (unpaired) electrons. The molecule has 8 nitrogen and oxygen atoms in total. The van der Waals surface area contributed by atoms with E-state index in [-0.39, 0.29) is 29.4 Å². The van der Waals surface area contributed by atoms with E-state index >= 15 is 0 Å². The predicted molar refractivity (Wildman–Crippen MR) is 162 cm³/mol. The molecule has 1 amide bonds. The molecule has 2 aliphatic rings. The molecule has 0 spiro atoms. The number of nitrogens with two attached hydrogens (primary N) is 2. The van der Waals surface area contributed by atoms with Gasteiger partial charge < -0.3 is 21.5 Å². The maximum Gasteiger partial charge on any atom is 0.323 e. The fourth-order valence-electron chi connectivity index (χ4n) is 6.51. The van der Waals surface area contributed by atoms with Crippen molar-refractivity contribution in [3.8, 4) is 11.1 Å². The molecule has 1 saturated carbocycles. The smallest absolute Gasteiger partial charge is 0.323 e. The second-order valence-electron chi connectivity index (χ2n) is 13.0. The number of rotatable bonds is 8. The van der Waals surface area contributed by atoms with E-state index in [9.17, 15) is 14.4 Å². The average molecular weight is 559 g/mol. The van der Waals surface area contributed by atoms with E-state index in [2.05, 4.69) is 25.2 Å². The second-order valence-corrected chi connectivity index (χ2v) is 13.0. The third kappa shape index (κ3) is 6.03. The summed E-state index contributed by atoms with van der Waals surface area (Å²) >= 11 is 0. The van der Waals surface area contributed by atoms with Gasteiger partial charge in [0, 0.05) is 34.8 Å². The normalized spacial score (nSPS) is 21.0. The number of amides is 1. The lowest BCUT2D eigenvalue weighted by Gasteiger charge is -2.31. The zero-order valence-corrected chi connectivity index (χ0v) is 24.5. The Morgan fingerprint density at radius 1 is 1.07 bits per heavy atom. The Labute approximate surface area is 241 Å². The highest BCUT2D eigenvalue weighted by Crippen LogP contribution is 2.43. The lowest BCUT2D eigenvalue weighted by atomic mass is 9.80. The molecule has 2 heterocycles. The summed E-state index contributed by atoms with van der Waals surface area (Å²) in [4.78, 5) is 38.1. The first-order chi connectivity index (χ1) is 19.4. The summed E-state index contributed by atoms with van der Waals surface area (Å²) in [7, 11) is 0. The van der Waals surface area contributed by atoms with Crippen LogP contribution in [0, 0.1) is 11.3 Å². The van der Waals surface area contributed by atoms with Crippen LogP contribution in [-0.2, 0) is 16.0 Å². The number of aromatic nitrogens is 1. The van der Waals surface area contributed by atoms with Crippen LogP contribution in [0.15, 0.2) is 42.5 Å². The lowest BCUT2D eigenvalue weighted by molar-refractivity contribution is -0.152. The van der Waals surface area contributed by atoms with Crippen LogP contribution < -0.4 is 16.8 Å². The van der Waals surface area contributed by atoms with Gasteiger partial charge in [-0.05, 0) is 73.6 Å². The van der Waals surface area contributed by atoms with E-state index in [0.29, 0.717) is 30.0 Å². The summed E-state index contributed by atoms with van der Waals surface area (Å²) in [6, 6.07) is 13.2. The quantitative estimate of drug-likeness (QED) is 0.306. The van der Waals surface area contributed by atoms with Crippen LogP contribution in [-0.4, -0.2) is 40.5 Å². The van der Waals surface area contributed by atoms with Crippen LogP contribution in [0.4, 0.5) is 5.69 Å². The average Bonchev–Trinajstić information content (AvgIpc) is 3.22. The third-order valence-corrected chi connectivity index (χ3v) is 8.42. The fourth-order valence-corrected chi connectivity index (χ4v) is 6.51. The Balaban J connectivity index is 1.40. The minimum atomic E-state index is -0.594. The van der Waals surface area contributed by atoms with Crippen LogP contribution in [0.2, 0.25) is 0 Å². The zero-order valence-electron chi connectivity index (χ0n) is 24.5. The lowest BCUT2D eigenvalue weighted by Crippen LogP contribution is -2.38. The van der Waals surface area contributed by atoms with Crippen molar-refractivity contribution in [3.05, 3.63) is 53.7 Å². The van der Waals surface area contributed by atoms with Gasteiger partial charge in [0.05, 0.1) is 11.1 Å². The first kappa shape index (κ1) is 28.9. The number of carbonyl (C=O) groups excluding carboxylic acids is 3. The van der Waals surface area contributed by atoms with Crippen molar-refractivity contribution in [2.24, 2.45) is 22.8 Å². The van der Waals surface area contributed by atoms with Gasteiger partial charge in [-0.25, -0.2) is 0 Å². The first-order valence-electron chi connectivity index (χ1n) is 14.8. The summed E-state index contributed by atoms with van der Waals surface area (Å²) in [5.41, 5.74) is 16.6. The van der Waals surface area contributed by atoms with Gasteiger partial charge in [0.25, 0.3) is 5.91 Å². The van der Waals surface area contributed by atoms with Crippen molar-refractivity contribution in [1.82, 2.24) is 4.57 Å². The number of hydrogen-bond acceptors (Lipinski definition) is 6. The monoisotopic (exact) mass is 558 g/mol. The predicted octanol–water partition coefficient (Wildman–Crippen LogP) is 5.66. The van der Waals surface area contributed by atoms with Gasteiger partial charge in [0.2, 0.25) is 5.91 Å². The van der Waals surface area contributed by atoms with Crippen molar-refractivity contribution in [1.29, 1.82) is 0 Å². The largest absolute Gasteiger partial charge is 0.461 e. The molecule has 41 heavy (non-hydrogen) atoms. The Bertz CT molecular complexity index is 1480. The number of hydrogen-bond donors (Lipinski definition) is 3. The molecule has 1 aromatic heterocycles. The summed E-state index contributed by atoms with van der Waals surface area (Å²) in [6.45, 7) is 8.33. The van der Waals surface area contributed by atoms with Crippen LogP contribution in [0.3, 0.4) is 0 Å². The number of ether oxygens (including phenoxy) is 1. The first-order valence-corrected chi connectivity index (χ1v) is 14.8. The Hall–Kier alpha value is -3.65. The number of nitrogens with one attached hydrogen (secondary N) is 1. The highest BCUT2D eigenvalue weighted by molar-refractivity contribution is 6.06. The molecule has 2 aromatic carbocycles. The summed E-state index contributed by atoms with van der Waals surface area (Å²) < 4.78 is 7.58. The number of fused-ring (bicyclic) bond motifs is 3. The molecule has 1 atom stereocenters. The van der Waals surface area contributed by atoms with Crippen LogP contribution >= 0.6 is 0 Å². The standard InChI is InChI=1S/C33H42N4O4/c1-19(2)15-25(34)32(40)41-22-12-10-21(11-13-22)36-26-16-20(9-14-23(26)31(35)39)30-24-7-5-6-8-27(24)37-28(30)17-33(3,4)18-29(37)38/h5-9,14,16,19,21-22,25,36H,10-13,15,17-18,34H2,1-4H3,(H2,35,39)/t21?,22?,25-/m0/s1. The highest BCUT2D eigenvalue weighted by Gasteiger charge is 2.35. The van der Waals surface area contributed by atoms with E-state index in [1.165, 1.54) is 0 Å². The van der Waals surface area contributed by atoms with Crippen molar-refractivity contribution in [3.63, 3.8) is 0 Å². The molecule has 3 aromatic rings. The zero-order chi connectivity index (χ0) is 29.5. The minimum Gasteiger partial charge on any atom is -0.461 e. The summed E-state index contributed by atoms with van der Waals surface area (Å²) in [6.07, 6.45) is 4.73. The van der Waals surface area contributed by atoms with E-state index < -0.39 is 11.9 Å². The molecule has 0 saturated heterocycles. The van der Waals surface area contributed by atoms with Crippen LogP contribution in [0.1, 0.15) is 87.1 Å². The Morgan fingerprint density at radius 2 is 1.78 bits per heavy atom. The van der Waals surface area contributed by atoms with E-state index in [4.69, 9.17) is 16.2 Å². The second kappa shape index (κ2) is 11.3. The number of esters is 1. The van der Waals surface area contributed by atoms with Crippen LogP contribution in [0.5, 0.6) is 0 Å². The molecule has 1 fully saturated rings. The van der Waals surface area contributed by atoms with E-state index in [0.717, 1.165) is 59.8 Å². The van der Waals surface area contributed by atoms with Crippen molar-refractivity contribution in [2.75, 3.05) is 5.32 Å². The molecule has 5 N–H and O–H groups in total. The van der Waals surface area contributed by atoms with Gasteiger partial charge in [0.1, 0.15) is 12.1 Å². The molecule has 5 rings (SSSR count). The van der Waals surface area contributed by atoms with Gasteiger partial charge in [-0.3, -0.25) is 19.0 Å². The maximum atomic E-state index is 13.3. The molecule has 218 valence electrons. The number of benzene rings is 2. The fraction of sp³-hybridized carbons (Fsp3) is 0.485. The molecule has 8 heteroatoms. The van der Waals surface area contributed by atoms with Gasteiger partial charge >= 0.3 is 5.97 Å². The van der Waals surface area contributed by atoms with Crippen molar-refractivity contribution >= 4 is 34.4 Å². The number of para-hydroxylation sites is 1. The van der Waals surface area contributed by atoms with E-state index in [1.54, 1.807) is 6.07 Å².